The van der Waals surface area contributed by atoms with Crippen molar-refractivity contribution >= 4 is 29.1 Å². The zero-order valence-electron chi connectivity index (χ0n) is 20.4. The maximum atomic E-state index is 13.6. The zero-order chi connectivity index (χ0) is 24.9. The molecule has 3 amide bonds. The van der Waals surface area contributed by atoms with Gasteiger partial charge in [0, 0.05) is 62.1 Å². The molecule has 35 heavy (non-hydrogen) atoms. The molecular formula is C27H33FN4O3. The maximum Gasteiger partial charge on any atom is 0.256 e. The van der Waals surface area contributed by atoms with Crippen molar-refractivity contribution in [1.82, 2.24) is 9.80 Å². The first kappa shape index (κ1) is 24.7. The molecule has 0 unspecified atom stereocenters. The Morgan fingerprint density at radius 3 is 2.46 bits per heavy atom. The van der Waals surface area contributed by atoms with Crippen LogP contribution in [0, 0.1) is 11.7 Å². The van der Waals surface area contributed by atoms with Crippen LogP contribution in [-0.4, -0.2) is 66.8 Å². The standard InChI is InChI=1S/C27H33FN4O3/c1-3-30(4-2)27(35)23-18-22(29-25(33)20-7-5-8-21(28)17-20)11-12-24(23)31-13-6-14-32(16-15-31)26(34)19-9-10-19/h5,7-8,11-12,17-19H,3-4,6,9-10,13-16H2,1-2H3,(H,29,33). The first-order valence-corrected chi connectivity index (χ1v) is 12.4. The molecule has 1 N–H and O–H groups in total. The van der Waals surface area contributed by atoms with E-state index in [-0.39, 0.29) is 23.3 Å². The second-order valence-corrected chi connectivity index (χ2v) is 9.11. The lowest BCUT2D eigenvalue weighted by atomic mass is 10.1. The Balaban J connectivity index is 1.59. The Morgan fingerprint density at radius 2 is 1.77 bits per heavy atom. The van der Waals surface area contributed by atoms with E-state index in [0.29, 0.717) is 37.4 Å². The summed E-state index contributed by atoms with van der Waals surface area (Å²) in [5.41, 5.74) is 1.98. The normalized spacial score (nSPS) is 16.0. The number of carbonyl (C=O) groups is 3. The van der Waals surface area contributed by atoms with Gasteiger partial charge >= 0.3 is 0 Å². The topological polar surface area (TPSA) is 73.0 Å². The van der Waals surface area contributed by atoms with Crippen LogP contribution in [0.2, 0.25) is 0 Å². The molecule has 0 radical (unpaired) electrons. The minimum Gasteiger partial charge on any atom is -0.369 e. The molecule has 2 fully saturated rings. The number of halogens is 1. The number of hydrogen-bond donors (Lipinski definition) is 1. The molecule has 7 nitrogen and oxygen atoms in total. The summed E-state index contributed by atoms with van der Waals surface area (Å²) in [4.78, 5) is 44.5. The molecule has 1 aliphatic carbocycles. The molecule has 2 aromatic rings. The second kappa shape index (κ2) is 10.9. The van der Waals surface area contributed by atoms with Crippen LogP contribution in [-0.2, 0) is 4.79 Å². The molecule has 2 aliphatic rings. The van der Waals surface area contributed by atoms with Crippen LogP contribution in [0.5, 0.6) is 0 Å². The van der Waals surface area contributed by atoms with Gasteiger partial charge in [0.1, 0.15) is 5.82 Å². The summed E-state index contributed by atoms with van der Waals surface area (Å²) < 4.78 is 13.6. The highest BCUT2D eigenvalue weighted by molar-refractivity contribution is 6.06. The van der Waals surface area contributed by atoms with E-state index >= 15 is 0 Å². The largest absolute Gasteiger partial charge is 0.369 e. The lowest BCUT2D eigenvalue weighted by Gasteiger charge is -2.28. The predicted molar refractivity (Wildman–Crippen MR) is 134 cm³/mol. The summed E-state index contributed by atoms with van der Waals surface area (Å²) in [6, 6.07) is 10.8. The van der Waals surface area contributed by atoms with E-state index in [1.165, 1.54) is 18.2 Å². The van der Waals surface area contributed by atoms with E-state index in [2.05, 4.69) is 10.2 Å². The van der Waals surface area contributed by atoms with Gasteiger partial charge < -0.3 is 20.0 Å². The molecule has 0 atom stereocenters. The van der Waals surface area contributed by atoms with Gasteiger partial charge in [0.05, 0.1) is 5.56 Å². The SMILES string of the molecule is CCN(CC)C(=O)c1cc(NC(=O)c2cccc(F)c2)ccc1N1CCCN(C(=O)C2CC2)CC1. The van der Waals surface area contributed by atoms with Crippen molar-refractivity contribution in [2.24, 2.45) is 5.92 Å². The summed E-state index contributed by atoms with van der Waals surface area (Å²) in [5, 5.41) is 2.79. The van der Waals surface area contributed by atoms with E-state index in [1.807, 2.05) is 24.8 Å². The molecule has 0 spiro atoms. The first-order valence-electron chi connectivity index (χ1n) is 12.4. The quantitative estimate of drug-likeness (QED) is 0.650. The Labute approximate surface area is 205 Å². The second-order valence-electron chi connectivity index (χ2n) is 9.11. The summed E-state index contributed by atoms with van der Waals surface area (Å²) in [6.07, 6.45) is 2.81. The van der Waals surface area contributed by atoms with Crippen molar-refractivity contribution in [2.45, 2.75) is 33.1 Å². The Bertz CT molecular complexity index is 1100. The molecule has 4 rings (SSSR count). The van der Waals surface area contributed by atoms with Crippen LogP contribution in [0.15, 0.2) is 42.5 Å². The monoisotopic (exact) mass is 480 g/mol. The third kappa shape index (κ3) is 5.81. The van der Waals surface area contributed by atoms with Crippen molar-refractivity contribution in [2.75, 3.05) is 49.5 Å². The van der Waals surface area contributed by atoms with Gasteiger partial charge in [0.15, 0.2) is 0 Å². The fourth-order valence-electron chi connectivity index (χ4n) is 4.54. The molecule has 8 heteroatoms. The van der Waals surface area contributed by atoms with Gasteiger partial charge in [-0.1, -0.05) is 6.07 Å². The van der Waals surface area contributed by atoms with Gasteiger partial charge in [-0.25, -0.2) is 4.39 Å². The lowest BCUT2D eigenvalue weighted by molar-refractivity contribution is -0.132. The number of amides is 3. The van der Waals surface area contributed by atoms with Crippen LogP contribution in [0.1, 0.15) is 53.8 Å². The van der Waals surface area contributed by atoms with Gasteiger partial charge in [0.25, 0.3) is 11.8 Å². The lowest BCUT2D eigenvalue weighted by Crippen LogP contribution is -2.37. The third-order valence-electron chi connectivity index (χ3n) is 6.70. The van der Waals surface area contributed by atoms with Crippen molar-refractivity contribution in [3.8, 4) is 0 Å². The number of hydrogen-bond acceptors (Lipinski definition) is 4. The molecule has 1 saturated carbocycles. The number of rotatable bonds is 7. The molecule has 186 valence electrons. The van der Waals surface area contributed by atoms with E-state index in [1.54, 1.807) is 23.1 Å². The Kier molecular flexibility index (Phi) is 7.68. The van der Waals surface area contributed by atoms with E-state index in [9.17, 15) is 18.8 Å². The summed E-state index contributed by atoms with van der Waals surface area (Å²) in [6.45, 7) is 7.75. The van der Waals surface area contributed by atoms with Crippen LogP contribution in [0.25, 0.3) is 0 Å². The fraction of sp³-hybridized carbons (Fsp3) is 0.444. The van der Waals surface area contributed by atoms with Crippen LogP contribution >= 0.6 is 0 Å². The average molecular weight is 481 g/mol. The molecule has 0 aromatic heterocycles. The van der Waals surface area contributed by atoms with E-state index in [0.717, 1.165) is 38.0 Å². The highest BCUT2D eigenvalue weighted by Gasteiger charge is 2.34. The van der Waals surface area contributed by atoms with Crippen molar-refractivity contribution in [1.29, 1.82) is 0 Å². The zero-order valence-corrected chi connectivity index (χ0v) is 20.4. The Hall–Kier alpha value is -3.42. The summed E-state index contributed by atoms with van der Waals surface area (Å²) in [5.74, 6) is -0.589. The minimum atomic E-state index is -0.485. The molecule has 1 saturated heterocycles. The van der Waals surface area contributed by atoms with Crippen molar-refractivity contribution in [3.63, 3.8) is 0 Å². The number of nitrogens with zero attached hydrogens (tertiary/aromatic N) is 3. The number of nitrogens with one attached hydrogen (secondary N) is 1. The van der Waals surface area contributed by atoms with E-state index < -0.39 is 11.7 Å². The first-order chi connectivity index (χ1) is 16.9. The molecule has 0 bridgehead atoms. The van der Waals surface area contributed by atoms with Crippen molar-refractivity contribution < 1.29 is 18.8 Å². The number of benzene rings is 2. The molecule has 1 aliphatic heterocycles. The van der Waals surface area contributed by atoms with Crippen LogP contribution < -0.4 is 10.2 Å². The van der Waals surface area contributed by atoms with Crippen LogP contribution in [0.4, 0.5) is 15.8 Å². The van der Waals surface area contributed by atoms with Crippen LogP contribution in [0.3, 0.4) is 0 Å². The highest BCUT2D eigenvalue weighted by atomic mass is 19.1. The highest BCUT2D eigenvalue weighted by Crippen LogP contribution is 2.32. The number of carbonyl (C=O) groups excluding carboxylic acids is 3. The fourth-order valence-corrected chi connectivity index (χ4v) is 4.54. The summed E-state index contributed by atoms with van der Waals surface area (Å²) in [7, 11) is 0. The van der Waals surface area contributed by atoms with Gasteiger partial charge in [0.2, 0.25) is 5.91 Å². The van der Waals surface area contributed by atoms with Gasteiger partial charge in [-0.2, -0.15) is 0 Å². The molecular weight excluding hydrogens is 447 g/mol. The smallest absolute Gasteiger partial charge is 0.256 e. The van der Waals surface area contributed by atoms with Gasteiger partial charge in [-0.3, -0.25) is 14.4 Å². The van der Waals surface area contributed by atoms with E-state index in [4.69, 9.17) is 0 Å². The minimum absolute atomic E-state index is 0.109. The average Bonchev–Trinajstić information content (AvgIpc) is 3.72. The molecule has 1 heterocycles. The summed E-state index contributed by atoms with van der Waals surface area (Å²) >= 11 is 0. The van der Waals surface area contributed by atoms with Crippen molar-refractivity contribution in [3.05, 3.63) is 59.4 Å². The predicted octanol–water partition coefficient (Wildman–Crippen LogP) is 4.01. The van der Waals surface area contributed by atoms with Gasteiger partial charge in [-0.05, 0) is 69.5 Å². The Morgan fingerprint density at radius 1 is 1.00 bits per heavy atom. The maximum absolute atomic E-state index is 13.6. The molecule has 2 aromatic carbocycles. The third-order valence-corrected chi connectivity index (χ3v) is 6.70. The number of anilines is 2. The van der Waals surface area contributed by atoms with Gasteiger partial charge in [-0.15, -0.1) is 0 Å².